The number of carbonyl (C=O) groups excluding carboxylic acids is 1. The Morgan fingerprint density at radius 2 is 1.88 bits per heavy atom. The summed E-state index contributed by atoms with van der Waals surface area (Å²) in [6.07, 6.45) is 2.71. The summed E-state index contributed by atoms with van der Waals surface area (Å²) in [4.78, 5) is 20.8. The third-order valence-electron chi connectivity index (χ3n) is 4.01. The van der Waals surface area contributed by atoms with E-state index in [-0.39, 0.29) is 5.91 Å². The number of benzene rings is 1. The number of anilines is 1. The van der Waals surface area contributed by atoms with Gasteiger partial charge in [0.15, 0.2) is 0 Å². The van der Waals surface area contributed by atoms with Gasteiger partial charge in [0, 0.05) is 19.6 Å². The average molecular weight is 340 g/mol. The molecular formula is C20H28N4O. The van der Waals surface area contributed by atoms with E-state index in [1.54, 1.807) is 12.3 Å². The highest BCUT2D eigenvalue weighted by molar-refractivity contribution is 5.92. The predicted octanol–water partition coefficient (Wildman–Crippen LogP) is 2.79. The smallest absolute Gasteiger partial charge is 0.269 e. The molecule has 0 radical (unpaired) electrons. The van der Waals surface area contributed by atoms with Gasteiger partial charge < -0.3 is 15.1 Å². The Labute approximate surface area is 150 Å². The molecule has 0 bridgehead atoms. The van der Waals surface area contributed by atoms with Crippen molar-refractivity contribution in [1.82, 2.24) is 15.2 Å². The van der Waals surface area contributed by atoms with E-state index in [0.29, 0.717) is 12.2 Å². The van der Waals surface area contributed by atoms with Gasteiger partial charge in [-0.25, -0.2) is 4.98 Å². The number of rotatable bonds is 9. The summed E-state index contributed by atoms with van der Waals surface area (Å²) < 4.78 is 0. The zero-order valence-electron chi connectivity index (χ0n) is 15.4. The molecule has 0 atom stereocenters. The normalized spacial score (nSPS) is 10.7. The van der Waals surface area contributed by atoms with Crippen LogP contribution in [0.2, 0.25) is 0 Å². The van der Waals surface area contributed by atoms with Crippen molar-refractivity contribution >= 4 is 11.6 Å². The first-order chi connectivity index (χ1) is 12.1. The minimum absolute atomic E-state index is 0.114. The zero-order valence-corrected chi connectivity index (χ0v) is 15.4. The lowest BCUT2D eigenvalue weighted by Gasteiger charge is -2.23. The summed E-state index contributed by atoms with van der Waals surface area (Å²) in [7, 11) is 4.05. The van der Waals surface area contributed by atoms with E-state index in [2.05, 4.69) is 39.2 Å². The van der Waals surface area contributed by atoms with E-state index in [4.69, 9.17) is 0 Å². The highest BCUT2D eigenvalue weighted by Crippen LogP contribution is 2.16. The van der Waals surface area contributed by atoms with Gasteiger partial charge in [0.1, 0.15) is 5.69 Å². The average Bonchev–Trinajstić information content (AvgIpc) is 2.64. The summed E-state index contributed by atoms with van der Waals surface area (Å²) in [5.41, 5.74) is 2.74. The molecule has 0 saturated carbocycles. The highest BCUT2D eigenvalue weighted by Gasteiger charge is 2.09. The molecule has 0 saturated heterocycles. The lowest BCUT2D eigenvalue weighted by molar-refractivity contribution is 0.0947. The SMILES string of the molecule is CCN(Cc1ccccc1)c1ccc(C(=O)NCCCN(C)C)nc1. The molecule has 134 valence electrons. The quantitative estimate of drug-likeness (QED) is 0.713. The van der Waals surface area contributed by atoms with Crippen LogP contribution in [0.1, 0.15) is 29.4 Å². The molecule has 1 aromatic heterocycles. The van der Waals surface area contributed by atoms with Crippen molar-refractivity contribution in [3.05, 3.63) is 59.9 Å². The predicted molar refractivity (Wildman–Crippen MR) is 103 cm³/mol. The van der Waals surface area contributed by atoms with E-state index >= 15 is 0 Å². The van der Waals surface area contributed by atoms with Crippen molar-refractivity contribution < 1.29 is 4.79 Å². The molecule has 25 heavy (non-hydrogen) atoms. The molecule has 0 fully saturated rings. The first kappa shape index (κ1) is 18.9. The number of nitrogens with zero attached hydrogens (tertiary/aromatic N) is 3. The van der Waals surface area contributed by atoms with Crippen molar-refractivity contribution in [3.63, 3.8) is 0 Å². The Kier molecular flexibility index (Phi) is 7.41. The Morgan fingerprint density at radius 1 is 1.12 bits per heavy atom. The Balaban J connectivity index is 1.92. The number of carbonyl (C=O) groups is 1. The summed E-state index contributed by atoms with van der Waals surface area (Å²) in [5.74, 6) is -0.114. The molecular weight excluding hydrogens is 312 g/mol. The van der Waals surface area contributed by atoms with Gasteiger partial charge in [0.25, 0.3) is 5.91 Å². The molecule has 0 aliphatic rings. The lowest BCUT2D eigenvalue weighted by Crippen LogP contribution is -2.28. The van der Waals surface area contributed by atoms with Gasteiger partial charge in [-0.15, -0.1) is 0 Å². The molecule has 0 aliphatic heterocycles. The van der Waals surface area contributed by atoms with Crippen LogP contribution < -0.4 is 10.2 Å². The van der Waals surface area contributed by atoms with Gasteiger partial charge in [-0.1, -0.05) is 30.3 Å². The van der Waals surface area contributed by atoms with Crippen LogP contribution in [0.4, 0.5) is 5.69 Å². The molecule has 5 nitrogen and oxygen atoms in total. The third-order valence-corrected chi connectivity index (χ3v) is 4.01. The molecule has 1 amide bonds. The number of amides is 1. The van der Waals surface area contributed by atoms with Crippen molar-refractivity contribution in [2.45, 2.75) is 19.9 Å². The van der Waals surface area contributed by atoms with Crippen LogP contribution in [0.3, 0.4) is 0 Å². The topological polar surface area (TPSA) is 48.5 Å². The van der Waals surface area contributed by atoms with Gasteiger partial charge in [-0.05, 0) is 51.7 Å². The zero-order chi connectivity index (χ0) is 18.1. The number of hydrogen-bond donors (Lipinski definition) is 1. The Morgan fingerprint density at radius 3 is 2.48 bits per heavy atom. The second-order valence-electron chi connectivity index (χ2n) is 6.31. The maximum absolute atomic E-state index is 12.1. The number of aromatic nitrogens is 1. The fourth-order valence-electron chi connectivity index (χ4n) is 2.58. The maximum atomic E-state index is 12.1. The molecule has 0 aliphatic carbocycles. The second-order valence-corrected chi connectivity index (χ2v) is 6.31. The summed E-state index contributed by atoms with van der Waals surface area (Å²) >= 11 is 0. The molecule has 1 N–H and O–H groups in total. The van der Waals surface area contributed by atoms with E-state index in [9.17, 15) is 4.79 Å². The highest BCUT2D eigenvalue weighted by atomic mass is 16.1. The number of pyridine rings is 1. The van der Waals surface area contributed by atoms with Gasteiger partial charge in [0.05, 0.1) is 11.9 Å². The van der Waals surface area contributed by atoms with Gasteiger partial charge in [-0.3, -0.25) is 4.79 Å². The molecule has 1 aromatic carbocycles. The maximum Gasteiger partial charge on any atom is 0.269 e. The fraction of sp³-hybridized carbons (Fsp3) is 0.400. The van der Waals surface area contributed by atoms with E-state index in [1.807, 2.05) is 38.4 Å². The van der Waals surface area contributed by atoms with Crippen LogP contribution in [0, 0.1) is 0 Å². The summed E-state index contributed by atoms with van der Waals surface area (Å²) in [6, 6.07) is 14.1. The second kappa shape index (κ2) is 9.79. The van der Waals surface area contributed by atoms with E-state index < -0.39 is 0 Å². The van der Waals surface area contributed by atoms with Gasteiger partial charge in [0.2, 0.25) is 0 Å². The molecule has 2 aromatic rings. The molecule has 0 unspecified atom stereocenters. The largest absolute Gasteiger partial charge is 0.366 e. The molecule has 2 rings (SSSR count). The first-order valence-corrected chi connectivity index (χ1v) is 8.78. The Bertz CT molecular complexity index is 641. The van der Waals surface area contributed by atoms with Gasteiger partial charge in [-0.2, -0.15) is 0 Å². The van der Waals surface area contributed by atoms with Crippen LogP contribution in [-0.4, -0.2) is 49.5 Å². The lowest BCUT2D eigenvalue weighted by atomic mass is 10.2. The van der Waals surface area contributed by atoms with Crippen LogP contribution in [0.15, 0.2) is 48.7 Å². The Hall–Kier alpha value is -2.40. The van der Waals surface area contributed by atoms with Crippen molar-refractivity contribution in [1.29, 1.82) is 0 Å². The monoisotopic (exact) mass is 340 g/mol. The van der Waals surface area contributed by atoms with Crippen molar-refractivity contribution in [2.24, 2.45) is 0 Å². The van der Waals surface area contributed by atoms with E-state index in [0.717, 1.165) is 31.7 Å². The molecule has 5 heteroatoms. The minimum atomic E-state index is -0.114. The third kappa shape index (κ3) is 6.19. The van der Waals surface area contributed by atoms with Crippen LogP contribution in [0.25, 0.3) is 0 Å². The number of nitrogens with one attached hydrogen (secondary N) is 1. The standard InChI is InChI=1S/C20H28N4O/c1-4-24(16-17-9-6-5-7-10-17)18-11-12-19(22-15-18)20(25)21-13-8-14-23(2)3/h5-7,9-12,15H,4,8,13-14,16H2,1-3H3,(H,21,25). The number of hydrogen-bond acceptors (Lipinski definition) is 4. The van der Waals surface area contributed by atoms with Crippen LogP contribution in [-0.2, 0) is 6.54 Å². The van der Waals surface area contributed by atoms with E-state index in [1.165, 1.54) is 5.56 Å². The van der Waals surface area contributed by atoms with Crippen LogP contribution >= 0.6 is 0 Å². The fourth-order valence-corrected chi connectivity index (χ4v) is 2.58. The molecule has 1 heterocycles. The first-order valence-electron chi connectivity index (χ1n) is 8.78. The van der Waals surface area contributed by atoms with Crippen molar-refractivity contribution in [2.75, 3.05) is 38.6 Å². The van der Waals surface area contributed by atoms with Crippen LogP contribution in [0.5, 0.6) is 0 Å². The molecule has 0 spiro atoms. The van der Waals surface area contributed by atoms with Crippen molar-refractivity contribution in [3.8, 4) is 0 Å². The minimum Gasteiger partial charge on any atom is -0.366 e. The summed E-state index contributed by atoms with van der Waals surface area (Å²) in [6.45, 7) is 5.45. The summed E-state index contributed by atoms with van der Waals surface area (Å²) in [5, 5.41) is 2.92. The van der Waals surface area contributed by atoms with Gasteiger partial charge >= 0.3 is 0 Å².